The molecular weight excluding hydrogens is 452 g/mol. The van der Waals surface area contributed by atoms with Gasteiger partial charge in [0.05, 0.1) is 30.2 Å². The van der Waals surface area contributed by atoms with Gasteiger partial charge in [0.15, 0.2) is 0 Å². The van der Waals surface area contributed by atoms with Crippen LogP contribution >= 0.6 is 0 Å². The van der Waals surface area contributed by atoms with Gasteiger partial charge in [0.25, 0.3) is 0 Å². The minimum absolute atomic E-state index is 0.0433. The number of ether oxygens (including phenoxy) is 1. The highest BCUT2D eigenvalue weighted by molar-refractivity contribution is 5.80. The summed E-state index contributed by atoms with van der Waals surface area (Å²) >= 11 is 0. The Morgan fingerprint density at radius 2 is 1.83 bits per heavy atom. The molecule has 1 amide bonds. The van der Waals surface area contributed by atoms with Gasteiger partial charge in [0.1, 0.15) is 12.4 Å². The van der Waals surface area contributed by atoms with Crippen LogP contribution in [0, 0.1) is 5.41 Å². The molecule has 1 unspecified atom stereocenters. The molecule has 4 N–H and O–H groups in total. The lowest BCUT2D eigenvalue weighted by Gasteiger charge is -2.53. The van der Waals surface area contributed by atoms with E-state index < -0.39 is 5.60 Å². The first-order chi connectivity index (χ1) is 17.3. The number of nitrogens with two attached hydrogens (primary N) is 2. The number of carbonyl (C=O) groups excluding carboxylic acids is 1. The molecule has 8 nitrogen and oxygen atoms in total. The molecule has 2 aromatic carbocycles. The van der Waals surface area contributed by atoms with E-state index in [2.05, 4.69) is 41.7 Å². The van der Waals surface area contributed by atoms with Crippen LogP contribution in [0.1, 0.15) is 37.7 Å². The number of aromatic nitrogens is 2. The number of likely N-dealkylation sites (tertiary alicyclic amines) is 1. The summed E-state index contributed by atoms with van der Waals surface area (Å²) in [7, 11) is 1.66. The third kappa shape index (κ3) is 5.20. The van der Waals surface area contributed by atoms with Crippen LogP contribution < -0.4 is 11.5 Å². The second kappa shape index (κ2) is 10.6. The van der Waals surface area contributed by atoms with Gasteiger partial charge < -0.3 is 25.7 Å². The molecular formula is C28H36N6O2. The quantitative estimate of drug-likeness (QED) is 0.373. The number of nitrogens with zero attached hydrogens (tertiary/aromatic N) is 4. The minimum Gasteiger partial charge on any atom is -0.390 e. The van der Waals surface area contributed by atoms with Gasteiger partial charge in [-0.2, -0.15) is 0 Å². The summed E-state index contributed by atoms with van der Waals surface area (Å²) in [6.07, 6.45) is 3.92. The molecule has 36 heavy (non-hydrogen) atoms. The van der Waals surface area contributed by atoms with Crippen LogP contribution in [0.15, 0.2) is 71.9 Å². The molecule has 2 heterocycles. The van der Waals surface area contributed by atoms with Crippen LogP contribution in [0.25, 0.3) is 11.3 Å². The second-order valence-electron chi connectivity index (χ2n) is 10.1. The van der Waals surface area contributed by atoms with E-state index in [0.717, 1.165) is 22.6 Å². The third-order valence-electron chi connectivity index (χ3n) is 7.06. The Hall–Kier alpha value is -3.49. The van der Waals surface area contributed by atoms with Gasteiger partial charge >= 0.3 is 0 Å². The van der Waals surface area contributed by atoms with Gasteiger partial charge in [-0.1, -0.05) is 74.5 Å². The molecule has 1 aromatic heterocycles. The lowest BCUT2D eigenvalue weighted by atomic mass is 9.69. The van der Waals surface area contributed by atoms with Crippen LogP contribution in [0.4, 0.5) is 0 Å². The van der Waals surface area contributed by atoms with E-state index in [1.54, 1.807) is 7.11 Å². The Morgan fingerprint density at radius 3 is 2.44 bits per heavy atom. The second-order valence-corrected chi connectivity index (χ2v) is 10.1. The average molecular weight is 489 g/mol. The zero-order valence-electron chi connectivity index (χ0n) is 21.3. The molecule has 0 aliphatic carbocycles. The standard InChI is InChI=1S/C28H36N6O2/c1-27(2)17-28(18-29,36-3)19-34(24(35)14-31-20-30)25(27)26-32-23(22-12-8-5-9-13-22)16-33(26)15-21-10-6-4-7-11-21/h4-13,16,20,25H,14-15,17-19,29H2,1-3H3,(H2,30,31)/t25-,28?/m0/s1. The molecule has 1 aliphatic rings. The summed E-state index contributed by atoms with van der Waals surface area (Å²) in [6.45, 7) is 5.55. The highest BCUT2D eigenvalue weighted by Gasteiger charge is 2.52. The van der Waals surface area contributed by atoms with Crippen LogP contribution in [-0.2, 0) is 16.1 Å². The fourth-order valence-electron chi connectivity index (χ4n) is 5.41. The summed E-state index contributed by atoms with van der Waals surface area (Å²) in [5, 5.41) is 0. The van der Waals surface area contributed by atoms with Crippen LogP contribution in [-0.4, -0.2) is 59.0 Å². The first-order valence-corrected chi connectivity index (χ1v) is 12.2. The highest BCUT2D eigenvalue weighted by Crippen LogP contribution is 2.49. The van der Waals surface area contributed by atoms with Gasteiger partial charge in [0.2, 0.25) is 5.91 Å². The maximum absolute atomic E-state index is 13.5. The van der Waals surface area contributed by atoms with E-state index in [0.29, 0.717) is 26.1 Å². The van der Waals surface area contributed by atoms with E-state index in [1.165, 1.54) is 6.34 Å². The predicted molar refractivity (Wildman–Crippen MR) is 142 cm³/mol. The summed E-state index contributed by atoms with van der Waals surface area (Å²) in [5.41, 5.74) is 13.7. The van der Waals surface area contributed by atoms with E-state index in [9.17, 15) is 4.79 Å². The van der Waals surface area contributed by atoms with Crippen molar-refractivity contribution in [1.82, 2.24) is 14.5 Å². The highest BCUT2D eigenvalue weighted by atomic mass is 16.5. The van der Waals surface area contributed by atoms with Crippen molar-refractivity contribution in [1.29, 1.82) is 0 Å². The SMILES string of the molecule is COC1(CN)CN(C(=O)CN=CN)[C@@H](c2nc(-c3ccccc3)cn2Cc2ccccc2)C(C)(C)C1. The summed E-state index contributed by atoms with van der Waals surface area (Å²) in [6, 6.07) is 20.1. The molecule has 190 valence electrons. The number of hydrogen-bond donors (Lipinski definition) is 2. The maximum atomic E-state index is 13.5. The monoisotopic (exact) mass is 488 g/mol. The van der Waals surface area contributed by atoms with Crippen molar-refractivity contribution in [2.45, 2.75) is 38.5 Å². The van der Waals surface area contributed by atoms with Crippen molar-refractivity contribution in [2.24, 2.45) is 21.9 Å². The van der Waals surface area contributed by atoms with Crippen molar-refractivity contribution in [2.75, 3.05) is 26.7 Å². The normalized spacial score (nSPS) is 21.7. The zero-order chi connectivity index (χ0) is 25.8. The molecule has 1 saturated heterocycles. The van der Waals surface area contributed by atoms with Gasteiger partial charge in [-0.3, -0.25) is 9.79 Å². The predicted octanol–water partition coefficient (Wildman–Crippen LogP) is 3.23. The van der Waals surface area contributed by atoms with Crippen LogP contribution in [0.5, 0.6) is 0 Å². The summed E-state index contributed by atoms with van der Waals surface area (Å²) in [4.78, 5) is 24.5. The third-order valence-corrected chi connectivity index (χ3v) is 7.06. The molecule has 0 saturated carbocycles. The molecule has 3 aromatic rings. The molecule has 2 atom stereocenters. The zero-order valence-corrected chi connectivity index (χ0v) is 21.3. The van der Waals surface area contributed by atoms with Crippen LogP contribution in [0.2, 0.25) is 0 Å². The number of piperidine rings is 1. The van der Waals surface area contributed by atoms with Gasteiger partial charge in [0, 0.05) is 32.0 Å². The van der Waals surface area contributed by atoms with E-state index >= 15 is 0 Å². The van der Waals surface area contributed by atoms with Crippen molar-refractivity contribution in [3.05, 3.63) is 78.2 Å². The van der Waals surface area contributed by atoms with Gasteiger partial charge in [-0.25, -0.2) is 4.98 Å². The molecule has 8 heteroatoms. The largest absolute Gasteiger partial charge is 0.390 e. The Morgan fingerprint density at radius 1 is 1.17 bits per heavy atom. The number of aliphatic imine (C=N–C) groups is 1. The molecule has 0 bridgehead atoms. The van der Waals surface area contributed by atoms with Crippen molar-refractivity contribution in [3.63, 3.8) is 0 Å². The Labute approximate surface area is 213 Å². The van der Waals surface area contributed by atoms with Gasteiger partial charge in [-0.05, 0) is 17.4 Å². The first-order valence-electron chi connectivity index (χ1n) is 12.2. The number of imidazole rings is 1. The van der Waals surface area contributed by atoms with Crippen molar-refractivity contribution < 1.29 is 9.53 Å². The Bertz CT molecular complexity index is 1190. The molecule has 1 fully saturated rings. The lowest BCUT2D eigenvalue weighted by Crippen LogP contribution is -2.62. The maximum Gasteiger partial charge on any atom is 0.245 e. The smallest absolute Gasteiger partial charge is 0.245 e. The fraction of sp³-hybridized carbons (Fsp3) is 0.393. The molecule has 0 radical (unpaired) electrons. The number of rotatable bonds is 8. The number of amides is 1. The topological polar surface area (TPSA) is 112 Å². The molecule has 4 rings (SSSR count). The molecule has 1 aliphatic heterocycles. The summed E-state index contributed by atoms with van der Waals surface area (Å²) in [5.74, 6) is 0.689. The summed E-state index contributed by atoms with van der Waals surface area (Å²) < 4.78 is 8.09. The fourth-order valence-corrected chi connectivity index (χ4v) is 5.41. The number of benzene rings is 2. The minimum atomic E-state index is -0.652. The number of methoxy groups -OCH3 is 1. The Kier molecular flexibility index (Phi) is 7.56. The van der Waals surface area contributed by atoms with E-state index in [1.807, 2.05) is 53.4 Å². The molecule has 0 spiro atoms. The van der Waals surface area contributed by atoms with E-state index in [-0.39, 0.29) is 23.9 Å². The first kappa shape index (κ1) is 25.6. The van der Waals surface area contributed by atoms with Crippen molar-refractivity contribution in [3.8, 4) is 11.3 Å². The van der Waals surface area contributed by atoms with Gasteiger partial charge in [-0.15, -0.1) is 0 Å². The van der Waals surface area contributed by atoms with E-state index in [4.69, 9.17) is 21.2 Å². The Balaban J connectivity index is 1.85. The number of carbonyl (C=O) groups is 1. The average Bonchev–Trinajstić information content (AvgIpc) is 3.30. The lowest BCUT2D eigenvalue weighted by molar-refractivity contribution is -0.159. The van der Waals surface area contributed by atoms with Crippen molar-refractivity contribution >= 4 is 12.2 Å². The van der Waals surface area contributed by atoms with Crippen LogP contribution in [0.3, 0.4) is 0 Å². The number of hydrogen-bond acceptors (Lipinski definition) is 5.